The highest BCUT2D eigenvalue weighted by molar-refractivity contribution is 7.19. The first kappa shape index (κ1) is 12.6. The molecule has 0 unspecified atom stereocenters. The average Bonchev–Trinajstić information content (AvgIpc) is 2.76. The number of aromatic nitrogens is 1. The van der Waals surface area contributed by atoms with Gasteiger partial charge in [-0.3, -0.25) is 9.78 Å². The zero-order valence-corrected chi connectivity index (χ0v) is 11.9. The molecule has 5 heteroatoms. The summed E-state index contributed by atoms with van der Waals surface area (Å²) in [4.78, 5) is 18.5. The summed E-state index contributed by atoms with van der Waals surface area (Å²) < 4.78 is 1.23. The van der Waals surface area contributed by atoms with E-state index in [0.29, 0.717) is 12.1 Å². The van der Waals surface area contributed by atoms with Crippen molar-refractivity contribution in [3.8, 4) is 0 Å². The van der Waals surface area contributed by atoms with E-state index in [-0.39, 0.29) is 5.91 Å². The van der Waals surface area contributed by atoms with Gasteiger partial charge in [-0.25, -0.2) is 0 Å². The normalized spacial score (nSPS) is 17.5. The highest BCUT2D eigenvalue weighted by atomic mass is 32.1. The van der Waals surface area contributed by atoms with Crippen molar-refractivity contribution in [2.45, 2.75) is 25.9 Å². The van der Waals surface area contributed by atoms with Crippen LogP contribution < -0.4 is 5.32 Å². The Bertz CT molecular complexity index is 571. The molecule has 0 spiro atoms. The first-order chi connectivity index (χ1) is 9.13. The molecule has 100 valence electrons. The molecule has 1 fully saturated rings. The molecule has 0 saturated carbocycles. The maximum Gasteiger partial charge on any atom is 0.219 e. The van der Waals surface area contributed by atoms with Gasteiger partial charge < -0.3 is 10.2 Å². The van der Waals surface area contributed by atoms with Crippen LogP contribution in [0.25, 0.3) is 10.1 Å². The molecule has 19 heavy (non-hydrogen) atoms. The summed E-state index contributed by atoms with van der Waals surface area (Å²) in [6.45, 7) is 5.45. The van der Waals surface area contributed by atoms with Crippen LogP contribution in [-0.2, 0) is 4.79 Å². The Balaban J connectivity index is 1.64. The molecule has 3 rings (SSSR count). The largest absolute Gasteiger partial charge is 0.340 e. The van der Waals surface area contributed by atoms with E-state index in [2.05, 4.69) is 23.3 Å². The van der Waals surface area contributed by atoms with Gasteiger partial charge in [-0.05, 0) is 24.4 Å². The van der Waals surface area contributed by atoms with Crippen molar-refractivity contribution in [1.82, 2.24) is 15.2 Å². The SMILES string of the molecule is CC(=O)N1CC(N[C@@H](C)c2cc3ccncc3s2)C1. The molecule has 2 aromatic heterocycles. The second-order valence-corrected chi connectivity index (χ2v) is 6.19. The number of nitrogens with one attached hydrogen (secondary N) is 1. The van der Waals surface area contributed by atoms with Gasteiger partial charge in [0.2, 0.25) is 5.91 Å². The number of hydrogen-bond donors (Lipinski definition) is 1. The lowest BCUT2D eigenvalue weighted by Crippen LogP contribution is -2.59. The van der Waals surface area contributed by atoms with Gasteiger partial charge in [-0.15, -0.1) is 11.3 Å². The van der Waals surface area contributed by atoms with E-state index in [4.69, 9.17) is 0 Å². The van der Waals surface area contributed by atoms with Crippen LogP contribution in [-0.4, -0.2) is 34.9 Å². The number of carbonyl (C=O) groups excluding carboxylic acids is 1. The van der Waals surface area contributed by atoms with E-state index in [0.717, 1.165) is 13.1 Å². The lowest BCUT2D eigenvalue weighted by Gasteiger charge is -2.40. The van der Waals surface area contributed by atoms with Gasteiger partial charge in [0.1, 0.15) is 0 Å². The molecule has 4 nitrogen and oxygen atoms in total. The zero-order valence-electron chi connectivity index (χ0n) is 11.1. The summed E-state index contributed by atoms with van der Waals surface area (Å²) in [6.07, 6.45) is 3.74. The van der Waals surface area contributed by atoms with Crippen LogP contribution in [0.3, 0.4) is 0 Å². The fourth-order valence-corrected chi connectivity index (χ4v) is 3.44. The zero-order chi connectivity index (χ0) is 13.4. The molecule has 1 aliphatic rings. The molecule has 1 atom stereocenters. The summed E-state index contributed by atoms with van der Waals surface area (Å²) in [5, 5.41) is 4.83. The number of hydrogen-bond acceptors (Lipinski definition) is 4. The fraction of sp³-hybridized carbons (Fsp3) is 0.429. The van der Waals surface area contributed by atoms with E-state index in [1.807, 2.05) is 23.4 Å². The molecule has 0 bridgehead atoms. The second kappa shape index (κ2) is 4.90. The van der Waals surface area contributed by atoms with Crippen molar-refractivity contribution < 1.29 is 4.79 Å². The Labute approximate surface area is 116 Å². The van der Waals surface area contributed by atoms with Crippen LogP contribution >= 0.6 is 11.3 Å². The Morgan fingerprint density at radius 2 is 2.37 bits per heavy atom. The Morgan fingerprint density at radius 1 is 1.58 bits per heavy atom. The summed E-state index contributed by atoms with van der Waals surface area (Å²) in [6, 6.07) is 5.00. The summed E-state index contributed by atoms with van der Waals surface area (Å²) in [7, 11) is 0. The topological polar surface area (TPSA) is 45.2 Å². The number of carbonyl (C=O) groups is 1. The molecule has 3 heterocycles. The Kier molecular flexibility index (Phi) is 3.24. The number of fused-ring (bicyclic) bond motifs is 1. The minimum atomic E-state index is 0.165. The van der Waals surface area contributed by atoms with Gasteiger partial charge in [-0.1, -0.05) is 0 Å². The lowest BCUT2D eigenvalue weighted by molar-refractivity contribution is -0.133. The molecule has 0 aromatic carbocycles. The molecule has 1 amide bonds. The third-order valence-electron chi connectivity index (χ3n) is 3.58. The second-order valence-electron chi connectivity index (χ2n) is 5.07. The minimum absolute atomic E-state index is 0.165. The minimum Gasteiger partial charge on any atom is -0.340 e. The van der Waals surface area contributed by atoms with E-state index < -0.39 is 0 Å². The number of rotatable bonds is 3. The van der Waals surface area contributed by atoms with Crippen LogP contribution in [0.2, 0.25) is 0 Å². The van der Waals surface area contributed by atoms with Crippen LogP contribution in [0.4, 0.5) is 0 Å². The third kappa shape index (κ3) is 2.48. The lowest BCUT2D eigenvalue weighted by atomic mass is 10.1. The van der Waals surface area contributed by atoms with Gasteiger partial charge in [0.15, 0.2) is 0 Å². The van der Waals surface area contributed by atoms with Crippen molar-refractivity contribution >= 4 is 27.3 Å². The van der Waals surface area contributed by atoms with Crippen molar-refractivity contribution in [2.24, 2.45) is 0 Å². The van der Waals surface area contributed by atoms with Crippen LogP contribution in [0.5, 0.6) is 0 Å². The van der Waals surface area contributed by atoms with E-state index in [1.165, 1.54) is 15.0 Å². The summed E-state index contributed by atoms with van der Waals surface area (Å²) in [5.41, 5.74) is 0. The predicted octanol–water partition coefficient (Wildman–Crippen LogP) is 2.18. The molecular weight excluding hydrogens is 258 g/mol. The number of amides is 1. The average molecular weight is 275 g/mol. The molecule has 1 saturated heterocycles. The van der Waals surface area contributed by atoms with E-state index >= 15 is 0 Å². The molecular formula is C14H17N3OS. The first-order valence-electron chi connectivity index (χ1n) is 6.48. The van der Waals surface area contributed by atoms with Crippen molar-refractivity contribution in [3.05, 3.63) is 29.4 Å². The van der Waals surface area contributed by atoms with Gasteiger partial charge in [0, 0.05) is 49.4 Å². The molecule has 2 aromatic rings. The molecule has 0 radical (unpaired) electrons. The van der Waals surface area contributed by atoms with Gasteiger partial charge in [0.25, 0.3) is 0 Å². The van der Waals surface area contributed by atoms with Crippen LogP contribution in [0.1, 0.15) is 24.8 Å². The van der Waals surface area contributed by atoms with Crippen molar-refractivity contribution in [3.63, 3.8) is 0 Å². The van der Waals surface area contributed by atoms with Gasteiger partial charge >= 0.3 is 0 Å². The maximum absolute atomic E-state index is 11.1. The Hall–Kier alpha value is -1.46. The summed E-state index contributed by atoms with van der Waals surface area (Å²) in [5.74, 6) is 0.165. The number of nitrogens with zero attached hydrogens (tertiary/aromatic N) is 2. The Morgan fingerprint density at radius 3 is 3.05 bits per heavy atom. The quantitative estimate of drug-likeness (QED) is 0.934. The monoisotopic (exact) mass is 275 g/mol. The van der Waals surface area contributed by atoms with Gasteiger partial charge in [-0.2, -0.15) is 0 Å². The number of thiophene rings is 1. The number of likely N-dealkylation sites (tertiary alicyclic amines) is 1. The highest BCUT2D eigenvalue weighted by Crippen LogP contribution is 2.29. The highest BCUT2D eigenvalue weighted by Gasteiger charge is 2.29. The van der Waals surface area contributed by atoms with E-state index in [9.17, 15) is 4.79 Å². The first-order valence-corrected chi connectivity index (χ1v) is 7.30. The number of pyridine rings is 1. The smallest absolute Gasteiger partial charge is 0.219 e. The maximum atomic E-state index is 11.1. The molecule has 1 aliphatic heterocycles. The van der Waals surface area contributed by atoms with Crippen molar-refractivity contribution in [2.75, 3.05) is 13.1 Å². The van der Waals surface area contributed by atoms with Gasteiger partial charge in [0.05, 0.1) is 4.70 Å². The van der Waals surface area contributed by atoms with Crippen LogP contribution in [0, 0.1) is 0 Å². The fourth-order valence-electron chi connectivity index (χ4n) is 2.40. The standard InChI is InChI=1S/C14H17N3OS/c1-9(16-12-7-17(8-12)10(2)18)13-5-11-3-4-15-6-14(11)19-13/h3-6,9,12,16H,7-8H2,1-2H3/t9-/m0/s1. The van der Waals surface area contributed by atoms with E-state index in [1.54, 1.807) is 18.3 Å². The molecule has 1 N–H and O–H groups in total. The summed E-state index contributed by atoms with van der Waals surface area (Å²) >= 11 is 1.78. The molecule has 0 aliphatic carbocycles. The van der Waals surface area contributed by atoms with Crippen molar-refractivity contribution in [1.29, 1.82) is 0 Å². The van der Waals surface area contributed by atoms with Crippen LogP contribution in [0.15, 0.2) is 24.5 Å². The third-order valence-corrected chi connectivity index (χ3v) is 4.85. The predicted molar refractivity (Wildman–Crippen MR) is 77.2 cm³/mol.